The van der Waals surface area contributed by atoms with Crippen molar-refractivity contribution in [3.8, 4) is 45.0 Å². The van der Waals surface area contributed by atoms with Gasteiger partial charge in [0.2, 0.25) is 0 Å². The summed E-state index contributed by atoms with van der Waals surface area (Å²) in [5.74, 6) is 0. The maximum Gasteiger partial charge on any atom is 0.0730 e. The van der Waals surface area contributed by atoms with Gasteiger partial charge in [0.1, 0.15) is 0 Å². The van der Waals surface area contributed by atoms with Gasteiger partial charge in [-0.2, -0.15) is 0 Å². The number of para-hydroxylation sites is 2. The minimum Gasteiger partial charge on any atom is -0.309 e. The van der Waals surface area contributed by atoms with Crippen molar-refractivity contribution in [1.29, 1.82) is 0 Å². The number of rotatable bonds is 5. The van der Waals surface area contributed by atoms with Gasteiger partial charge in [0.15, 0.2) is 0 Å². The first-order valence-corrected chi connectivity index (χ1v) is 17.1. The number of benzene rings is 7. The van der Waals surface area contributed by atoms with Crippen LogP contribution >= 0.6 is 0 Å². The quantitative estimate of drug-likeness (QED) is 0.184. The summed E-state index contributed by atoms with van der Waals surface area (Å²) >= 11 is 0. The van der Waals surface area contributed by atoms with E-state index in [9.17, 15) is 0 Å². The van der Waals surface area contributed by atoms with Gasteiger partial charge in [0.05, 0.1) is 39.1 Å². The Hall–Kier alpha value is -6.71. The molecule has 10 aromatic rings. The number of hydrogen-bond donors (Lipinski definition) is 0. The van der Waals surface area contributed by atoms with E-state index in [4.69, 9.17) is 4.98 Å². The summed E-state index contributed by atoms with van der Waals surface area (Å²) in [6, 6.07) is 67.3. The first kappa shape index (κ1) is 28.3. The smallest absolute Gasteiger partial charge is 0.0730 e. The summed E-state index contributed by atoms with van der Waals surface area (Å²) in [5, 5.41) is 4.95. The molecule has 10 rings (SSSR count). The summed E-state index contributed by atoms with van der Waals surface area (Å²) < 4.78 is 4.84. The average molecular weight is 638 g/mol. The lowest BCUT2D eigenvalue weighted by molar-refractivity contribution is 1.15. The summed E-state index contributed by atoms with van der Waals surface area (Å²) in [4.78, 5) is 5.19. The van der Waals surface area contributed by atoms with Crippen molar-refractivity contribution in [2.24, 2.45) is 0 Å². The molecule has 3 heterocycles. The topological polar surface area (TPSA) is 22.8 Å². The molecule has 0 spiro atoms. The van der Waals surface area contributed by atoms with Gasteiger partial charge in [-0.15, -0.1) is 0 Å². The zero-order chi connectivity index (χ0) is 33.0. The standard InChI is InChI=1S/C47H31N3/c1-4-14-32(15-5-1)33-24-26-36(27-25-33)49-44-22-12-10-20-38(44)40-30-41-39-21-11-13-23-45(39)50(47(41)31-46(40)49)37-28-42(34-16-6-2-7-17-34)48-43(29-37)35-18-8-3-9-19-35/h1-31H. The molecule has 50 heavy (non-hydrogen) atoms. The average Bonchev–Trinajstić information content (AvgIpc) is 3.70. The molecule has 0 aliphatic heterocycles. The normalized spacial score (nSPS) is 11.6. The van der Waals surface area contributed by atoms with E-state index >= 15 is 0 Å². The van der Waals surface area contributed by atoms with Crippen LogP contribution in [0.25, 0.3) is 88.6 Å². The van der Waals surface area contributed by atoms with Gasteiger partial charge >= 0.3 is 0 Å². The van der Waals surface area contributed by atoms with Crippen LogP contribution in [0.4, 0.5) is 0 Å². The van der Waals surface area contributed by atoms with Crippen molar-refractivity contribution in [3.05, 3.63) is 188 Å². The summed E-state index contributed by atoms with van der Waals surface area (Å²) in [5.41, 5.74) is 13.4. The third kappa shape index (κ3) is 4.56. The van der Waals surface area contributed by atoms with Crippen molar-refractivity contribution < 1.29 is 0 Å². The number of nitrogens with zero attached hydrogens (tertiary/aromatic N) is 3. The molecule has 0 saturated heterocycles. The number of aromatic nitrogens is 3. The van der Waals surface area contributed by atoms with Crippen molar-refractivity contribution in [3.63, 3.8) is 0 Å². The SMILES string of the molecule is c1ccc(-c2ccc(-n3c4ccccc4c4cc5c6ccccc6n(-c6cc(-c7ccccc7)nc(-c7ccccc7)c6)c5cc43)cc2)cc1. The van der Waals surface area contributed by atoms with E-state index in [1.807, 2.05) is 0 Å². The Balaban J connectivity index is 1.26. The molecule has 234 valence electrons. The molecule has 3 aromatic heterocycles. The van der Waals surface area contributed by atoms with Crippen molar-refractivity contribution >= 4 is 43.6 Å². The van der Waals surface area contributed by atoms with Crippen LogP contribution in [0.15, 0.2) is 188 Å². The van der Waals surface area contributed by atoms with E-state index in [2.05, 4.69) is 197 Å². The highest BCUT2D eigenvalue weighted by Crippen LogP contribution is 2.40. The molecule has 3 heteroatoms. The minimum absolute atomic E-state index is 0.946. The van der Waals surface area contributed by atoms with Gasteiger partial charge in [-0.05, 0) is 59.7 Å². The van der Waals surface area contributed by atoms with Crippen LogP contribution in [0.1, 0.15) is 0 Å². The highest BCUT2D eigenvalue weighted by Gasteiger charge is 2.19. The van der Waals surface area contributed by atoms with Crippen molar-refractivity contribution in [2.45, 2.75) is 0 Å². The fraction of sp³-hybridized carbons (Fsp3) is 0. The predicted molar refractivity (Wildman–Crippen MR) is 209 cm³/mol. The molecular formula is C47H31N3. The Morgan fingerprint density at radius 1 is 0.280 bits per heavy atom. The highest BCUT2D eigenvalue weighted by atomic mass is 15.0. The van der Waals surface area contributed by atoms with Crippen LogP contribution in [-0.2, 0) is 0 Å². The highest BCUT2D eigenvalue weighted by molar-refractivity contribution is 6.19. The first-order valence-electron chi connectivity index (χ1n) is 17.1. The fourth-order valence-electron chi connectivity index (χ4n) is 7.58. The summed E-state index contributed by atoms with van der Waals surface area (Å²) in [6.07, 6.45) is 0. The maximum atomic E-state index is 5.19. The van der Waals surface area contributed by atoms with E-state index in [1.165, 1.54) is 49.2 Å². The van der Waals surface area contributed by atoms with Gasteiger partial charge < -0.3 is 9.13 Å². The fourth-order valence-corrected chi connectivity index (χ4v) is 7.58. The monoisotopic (exact) mass is 637 g/mol. The molecule has 0 saturated carbocycles. The number of fused-ring (bicyclic) bond motifs is 6. The molecular weight excluding hydrogens is 607 g/mol. The Labute approximate surface area is 290 Å². The van der Waals surface area contributed by atoms with Crippen molar-refractivity contribution in [1.82, 2.24) is 14.1 Å². The van der Waals surface area contributed by atoms with Crippen LogP contribution in [-0.4, -0.2) is 14.1 Å². The Bertz CT molecular complexity index is 2770. The van der Waals surface area contributed by atoms with Gasteiger partial charge in [0.25, 0.3) is 0 Å². The molecule has 0 unspecified atom stereocenters. The first-order chi connectivity index (χ1) is 24.8. The Kier molecular flexibility index (Phi) is 6.49. The van der Waals surface area contributed by atoms with E-state index in [0.717, 1.165) is 39.4 Å². The van der Waals surface area contributed by atoms with E-state index < -0.39 is 0 Å². The third-order valence-corrected chi connectivity index (χ3v) is 9.91. The van der Waals surface area contributed by atoms with Gasteiger partial charge in [-0.1, -0.05) is 140 Å². The second-order valence-corrected chi connectivity index (χ2v) is 12.8. The van der Waals surface area contributed by atoms with Gasteiger partial charge in [0, 0.05) is 38.4 Å². The largest absolute Gasteiger partial charge is 0.309 e. The number of pyridine rings is 1. The second kappa shape index (κ2) is 11.5. The lowest BCUT2D eigenvalue weighted by Crippen LogP contribution is -1.99. The molecule has 7 aromatic carbocycles. The maximum absolute atomic E-state index is 5.19. The zero-order valence-corrected chi connectivity index (χ0v) is 27.2. The Morgan fingerprint density at radius 2 is 0.700 bits per heavy atom. The van der Waals surface area contributed by atoms with Gasteiger partial charge in [-0.3, -0.25) is 0 Å². The Morgan fingerprint density at radius 3 is 1.22 bits per heavy atom. The number of hydrogen-bond acceptors (Lipinski definition) is 1. The van der Waals surface area contributed by atoms with Crippen LogP contribution in [0.5, 0.6) is 0 Å². The second-order valence-electron chi connectivity index (χ2n) is 12.8. The molecule has 0 N–H and O–H groups in total. The molecule has 0 fully saturated rings. The molecule has 0 aliphatic carbocycles. The minimum atomic E-state index is 0.946. The zero-order valence-electron chi connectivity index (χ0n) is 27.2. The van der Waals surface area contributed by atoms with Crippen LogP contribution in [0.3, 0.4) is 0 Å². The van der Waals surface area contributed by atoms with E-state index in [1.54, 1.807) is 0 Å². The van der Waals surface area contributed by atoms with Crippen LogP contribution in [0.2, 0.25) is 0 Å². The molecule has 0 atom stereocenters. The predicted octanol–water partition coefficient (Wildman–Crippen LogP) is 12.3. The van der Waals surface area contributed by atoms with E-state index in [-0.39, 0.29) is 0 Å². The summed E-state index contributed by atoms with van der Waals surface area (Å²) in [6.45, 7) is 0. The lowest BCUT2D eigenvalue weighted by Gasteiger charge is -2.14. The molecule has 0 bridgehead atoms. The molecule has 3 nitrogen and oxygen atoms in total. The van der Waals surface area contributed by atoms with Crippen molar-refractivity contribution in [2.75, 3.05) is 0 Å². The third-order valence-electron chi connectivity index (χ3n) is 9.91. The van der Waals surface area contributed by atoms with Crippen LogP contribution in [0, 0.1) is 0 Å². The molecule has 0 amide bonds. The molecule has 0 radical (unpaired) electrons. The molecule has 0 aliphatic rings. The van der Waals surface area contributed by atoms with E-state index in [0.29, 0.717) is 0 Å². The lowest BCUT2D eigenvalue weighted by atomic mass is 10.1. The summed E-state index contributed by atoms with van der Waals surface area (Å²) in [7, 11) is 0. The van der Waals surface area contributed by atoms with Crippen LogP contribution < -0.4 is 0 Å². The van der Waals surface area contributed by atoms with Gasteiger partial charge in [-0.25, -0.2) is 4.98 Å².